The fourth-order valence-corrected chi connectivity index (χ4v) is 1.89. The zero-order valence-electron chi connectivity index (χ0n) is 10.1. The summed E-state index contributed by atoms with van der Waals surface area (Å²) in [5.74, 6) is 0.702. The molecule has 0 fully saturated rings. The summed E-state index contributed by atoms with van der Waals surface area (Å²) in [6.45, 7) is 1.90. The van der Waals surface area contributed by atoms with Crippen molar-refractivity contribution in [2.75, 3.05) is 0 Å². The molecule has 2 rings (SSSR count). The van der Waals surface area contributed by atoms with Crippen molar-refractivity contribution < 1.29 is 4.74 Å². The Bertz CT molecular complexity index is 502. The molecule has 0 radical (unpaired) electrons. The molecular weight excluding hydrogens is 248 g/mol. The Balaban J connectivity index is 2.22. The van der Waals surface area contributed by atoms with Crippen LogP contribution in [-0.4, -0.2) is 11.0 Å². The van der Waals surface area contributed by atoms with Gasteiger partial charge in [-0.05, 0) is 31.2 Å². The molecule has 1 aromatic carbocycles. The lowest BCUT2D eigenvalue weighted by Gasteiger charge is -2.22. The average molecular weight is 263 g/mol. The van der Waals surface area contributed by atoms with E-state index in [-0.39, 0.29) is 12.1 Å². The average Bonchev–Trinajstić information content (AvgIpc) is 2.37. The van der Waals surface area contributed by atoms with Gasteiger partial charge in [-0.1, -0.05) is 23.7 Å². The van der Waals surface area contributed by atoms with E-state index >= 15 is 0 Å². The van der Waals surface area contributed by atoms with E-state index in [2.05, 4.69) is 4.98 Å². The molecule has 0 spiro atoms. The second-order valence-electron chi connectivity index (χ2n) is 4.14. The third-order valence-corrected chi connectivity index (χ3v) is 2.78. The zero-order chi connectivity index (χ0) is 13.0. The number of pyridine rings is 1. The van der Waals surface area contributed by atoms with Crippen LogP contribution in [0.4, 0.5) is 0 Å². The number of aromatic nitrogens is 1. The maximum atomic E-state index is 5.97. The van der Waals surface area contributed by atoms with Crippen LogP contribution in [0.15, 0.2) is 48.8 Å². The van der Waals surface area contributed by atoms with Gasteiger partial charge in [0, 0.05) is 29.0 Å². The molecule has 3 nitrogen and oxygen atoms in total. The fraction of sp³-hybridized carbons (Fsp3) is 0.214. The predicted molar refractivity (Wildman–Crippen MR) is 72.7 cm³/mol. The number of hydrogen-bond donors (Lipinski definition) is 1. The molecule has 0 aliphatic rings. The van der Waals surface area contributed by atoms with Gasteiger partial charge in [-0.15, -0.1) is 0 Å². The highest BCUT2D eigenvalue weighted by atomic mass is 35.5. The van der Waals surface area contributed by atoms with Crippen molar-refractivity contribution in [2.45, 2.75) is 19.1 Å². The van der Waals surface area contributed by atoms with Crippen molar-refractivity contribution in [3.05, 3.63) is 59.4 Å². The van der Waals surface area contributed by atoms with Crippen LogP contribution in [0, 0.1) is 0 Å². The summed E-state index contributed by atoms with van der Waals surface area (Å²) in [4.78, 5) is 4.09. The summed E-state index contributed by atoms with van der Waals surface area (Å²) in [6, 6.07) is 11.0. The number of ether oxygens (including phenoxy) is 1. The van der Waals surface area contributed by atoms with Gasteiger partial charge in [0.15, 0.2) is 0 Å². The molecule has 1 heterocycles. The SMILES string of the molecule is CC(N)C(Oc1cccc(Cl)c1)c1cccnc1. The molecule has 0 amide bonds. The summed E-state index contributed by atoms with van der Waals surface area (Å²) in [5, 5.41) is 0.641. The Morgan fingerprint density at radius 3 is 2.72 bits per heavy atom. The van der Waals surface area contributed by atoms with Crippen molar-refractivity contribution in [1.82, 2.24) is 4.98 Å². The minimum Gasteiger partial charge on any atom is -0.484 e. The highest BCUT2D eigenvalue weighted by molar-refractivity contribution is 6.30. The number of rotatable bonds is 4. The number of nitrogens with zero attached hydrogens (tertiary/aromatic N) is 1. The van der Waals surface area contributed by atoms with Crippen LogP contribution in [0.1, 0.15) is 18.6 Å². The van der Waals surface area contributed by atoms with E-state index in [1.54, 1.807) is 24.5 Å². The largest absolute Gasteiger partial charge is 0.484 e. The molecule has 0 saturated carbocycles. The van der Waals surface area contributed by atoms with Crippen LogP contribution in [0.25, 0.3) is 0 Å². The molecule has 1 aromatic heterocycles. The van der Waals surface area contributed by atoms with Crippen LogP contribution < -0.4 is 10.5 Å². The van der Waals surface area contributed by atoms with E-state index in [0.717, 1.165) is 5.56 Å². The molecule has 2 N–H and O–H groups in total. The van der Waals surface area contributed by atoms with Crippen molar-refractivity contribution in [2.24, 2.45) is 5.73 Å². The summed E-state index contributed by atoms with van der Waals surface area (Å²) < 4.78 is 5.89. The van der Waals surface area contributed by atoms with E-state index in [9.17, 15) is 0 Å². The lowest BCUT2D eigenvalue weighted by atomic mass is 10.1. The molecular formula is C14H15ClN2O. The van der Waals surface area contributed by atoms with Crippen molar-refractivity contribution in [1.29, 1.82) is 0 Å². The van der Waals surface area contributed by atoms with E-state index in [4.69, 9.17) is 22.1 Å². The number of benzene rings is 1. The monoisotopic (exact) mass is 262 g/mol. The maximum Gasteiger partial charge on any atom is 0.140 e. The van der Waals surface area contributed by atoms with Gasteiger partial charge in [-0.2, -0.15) is 0 Å². The summed E-state index contributed by atoms with van der Waals surface area (Å²) in [7, 11) is 0. The second-order valence-corrected chi connectivity index (χ2v) is 4.58. The molecule has 0 saturated heterocycles. The highest BCUT2D eigenvalue weighted by Gasteiger charge is 2.18. The number of hydrogen-bond acceptors (Lipinski definition) is 3. The molecule has 4 heteroatoms. The second kappa shape index (κ2) is 5.85. The first kappa shape index (κ1) is 12.9. The van der Waals surface area contributed by atoms with Gasteiger partial charge in [0.25, 0.3) is 0 Å². The molecule has 2 atom stereocenters. The molecule has 0 bridgehead atoms. The first-order valence-corrected chi connectivity index (χ1v) is 6.12. The van der Waals surface area contributed by atoms with E-state index in [0.29, 0.717) is 10.8 Å². The normalized spacial score (nSPS) is 13.9. The van der Waals surface area contributed by atoms with Gasteiger partial charge in [-0.25, -0.2) is 0 Å². The third kappa shape index (κ3) is 3.22. The van der Waals surface area contributed by atoms with Gasteiger partial charge in [-0.3, -0.25) is 4.98 Å². The molecule has 0 aliphatic carbocycles. The van der Waals surface area contributed by atoms with Crippen molar-refractivity contribution in [3.63, 3.8) is 0 Å². The number of halogens is 1. The lowest BCUT2D eigenvalue weighted by molar-refractivity contribution is 0.180. The van der Waals surface area contributed by atoms with Crippen LogP contribution in [-0.2, 0) is 0 Å². The topological polar surface area (TPSA) is 48.1 Å². The maximum absolute atomic E-state index is 5.97. The van der Waals surface area contributed by atoms with Gasteiger partial charge in [0.2, 0.25) is 0 Å². The Labute approximate surface area is 112 Å². The fourth-order valence-electron chi connectivity index (χ4n) is 1.71. The first-order valence-electron chi connectivity index (χ1n) is 5.74. The summed E-state index contributed by atoms with van der Waals surface area (Å²) in [5.41, 5.74) is 6.92. The van der Waals surface area contributed by atoms with Gasteiger partial charge >= 0.3 is 0 Å². The molecule has 0 aliphatic heterocycles. The van der Waals surface area contributed by atoms with E-state index in [1.807, 2.05) is 31.2 Å². The highest BCUT2D eigenvalue weighted by Crippen LogP contribution is 2.25. The smallest absolute Gasteiger partial charge is 0.140 e. The van der Waals surface area contributed by atoms with E-state index < -0.39 is 0 Å². The molecule has 2 unspecified atom stereocenters. The van der Waals surface area contributed by atoms with E-state index in [1.165, 1.54) is 0 Å². The van der Waals surface area contributed by atoms with Crippen LogP contribution in [0.3, 0.4) is 0 Å². The van der Waals surface area contributed by atoms with Gasteiger partial charge < -0.3 is 10.5 Å². The number of nitrogens with two attached hydrogens (primary N) is 1. The van der Waals surface area contributed by atoms with Gasteiger partial charge in [0.05, 0.1) is 0 Å². The summed E-state index contributed by atoms with van der Waals surface area (Å²) in [6.07, 6.45) is 3.25. The summed E-state index contributed by atoms with van der Waals surface area (Å²) >= 11 is 5.93. The molecule has 2 aromatic rings. The minimum atomic E-state index is -0.239. The Hall–Kier alpha value is -1.58. The predicted octanol–water partition coefficient (Wildman–Crippen LogP) is 3.20. The van der Waals surface area contributed by atoms with Crippen LogP contribution in [0.5, 0.6) is 5.75 Å². The first-order chi connectivity index (χ1) is 8.66. The Morgan fingerprint density at radius 1 is 1.28 bits per heavy atom. The van der Waals surface area contributed by atoms with Crippen molar-refractivity contribution in [3.8, 4) is 5.75 Å². The Morgan fingerprint density at radius 2 is 2.11 bits per heavy atom. The zero-order valence-corrected chi connectivity index (χ0v) is 10.8. The van der Waals surface area contributed by atoms with Crippen LogP contribution in [0.2, 0.25) is 5.02 Å². The molecule has 18 heavy (non-hydrogen) atoms. The van der Waals surface area contributed by atoms with Gasteiger partial charge in [0.1, 0.15) is 11.9 Å². The standard InChI is InChI=1S/C14H15ClN2O/c1-10(16)14(11-4-3-7-17-9-11)18-13-6-2-5-12(15)8-13/h2-10,14H,16H2,1H3. The molecule has 94 valence electrons. The Kier molecular flexibility index (Phi) is 4.18. The van der Waals surface area contributed by atoms with Crippen molar-refractivity contribution >= 4 is 11.6 Å². The third-order valence-electron chi connectivity index (χ3n) is 2.55. The lowest BCUT2D eigenvalue weighted by Crippen LogP contribution is -2.29. The van der Waals surface area contributed by atoms with Crippen LogP contribution >= 0.6 is 11.6 Å². The quantitative estimate of drug-likeness (QED) is 0.920. The minimum absolute atomic E-state index is 0.145.